The molecule has 20 heavy (non-hydrogen) atoms. The van der Waals surface area contributed by atoms with Gasteiger partial charge in [-0.15, -0.1) is 0 Å². The van der Waals surface area contributed by atoms with Crippen molar-refractivity contribution in [1.29, 1.82) is 0 Å². The third-order valence-electron chi connectivity index (χ3n) is 2.72. The number of carbonyl (C=O) groups excluding carboxylic acids is 1. The zero-order chi connectivity index (χ0) is 14.5. The molecule has 2 aromatic rings. The van der Waals surface area contributed by atoms with Crippen molar-refractivity contribution in [2.24, 2.45) is 0 Å². The van der Waals surface area contributed by atoms with Crippen molar-refractivity contribution in [2.45, 2.75) is 13.3 Å². The van der Waals surface area contributed by atoms with Crippen LogP contribution in [0.15, 0.2) is 36.8 Å². The third-order valence-corrected chi connectivity index (χ3v) is 2.72. The predicted octanol–water partition coefficient (Wildman–Crippen LogP) is 2.20. The summed E-state index contributed by atoms with van der Waals surface area (Å²) in [4.78, 5) is 30.0. The first kappa shape index (κ1) is 13.6. The summed E-state index contributed by atoms with van der Waals surface area (Å²) in [5.41, 5.74) is 1.11. The van der Waals surface area contributed by atoms with Crippen molar-refractivity contribution < 1.29 is 9.72 Å². The quantitative estimate of drug-likeness (QED) is 0.679. The highest BCUT2D eigenvalue weighted by atomic mass is 16.6. The summed E-state index contributed by atoms with van der Waals surface area (Å²) >= 11 is 0. The average Bonchev–Trinajstić information content (AvgIpc) is 2.48. The van der Waals surface area contributed by atoms with E-state index in [0.29, 0.717) is 17.7 Å². The van der Waals surface area contributed by atoms with Crippen LogP contribution in [0.2, 0.25) is 0 Å². The van der Waals surface area contributed by atoms with Crippen LogP contribution in [0.5, 0.6) is 0 Å². The largest absolute Gasteiger partial charge is 0.320 e. The fourth-order valence-corrected chi connectivity index (χ4v) is 1.72. The highest BCUT2D eigenvalue weighted by molar-refractivity contribution is 6.02. The Kier molecular flexibility index (Phi) is 3.99. The van der Waals surface area contributed by atoms with Gasteiger partial charge in [0.05, 0.1) is 11.1 Å². The van der Waals surface area contributed by atoms with Gasteiger partial charge in [-0.1, -0.05) is 13.0 Å². The highest BCUT2D eigenvalue weighted by Gasteiger charge is 2.15. The lowest BCUT2D eigenvalue weighted by Crippen LogP contribution is -2.14. The van der Waals surface area contributed by atoms with Gasteiger partial charge < -0.3 is 5.32 Å². The molecule has 0 spiro atoms. The maximum Gasteiger partial charge on any atom is 0.275 e. The zero-order valence-corrected chi connectivity index (χ0v) is 10.7. The number of nitrogens with one attached hydrogen (secondary N) is 1. The van der Waals surface area contributed by atoms with Crippen molar-refractivity contribution in [2.75, 3.05) is 5.32 Å². The van der Waals surface area contributed by atoms with E-state index in [4.69, 9.17) is 0 Å². The molecule has 1 aromatic carbocycles. The van der Waals surface area contributed by atoms with Crippen LogP contribution in [0.4, 0.5) is 11.4 Å². The summed E-state index contributed by atoms with van der Waals surface area (Å²) < 4.78 is 0. The lowest BCUT2D eigenvalue weighted by atomic mass is 10.1. The number of nitro benzene ring substituents is 1. The smallest absolute Gasteiger partial charge is 0.275 e. The molecule has 0 aliphatic rings. The molecule has 1 heterocycles. The molecule has 0 aliphatic heterocycles. The van der Waals surface area contributed by atoms with E-state index in [1.807, 2.05) is 6.92 Å². The van der Waals surface area contributed by atoms with Gasteiger partial charge in [0.15, 0.2) is 0 Å². The first-order valence-corrected chi connectivity index (χ1v) is 5.96. The monoisotopic (exact) mass is 272 g/mol. The molecule has 1 N–H and O–H groups in total. The SMILES string of the molecule is CCc1ccc(NC(=O)c2cnccn2)cc1[N+](=O)[O-]. The number of aromatic nitrogens is 2. The lowest BCUT2D eigenvalue weighted by Gasteiger charge is -2.06. The molecule has 0 saturated heterocycles. The van der Waals surface area contributed by atoms with Gasteiger partial charge in [0.1, 0.15) is 5.69 Å². The van der Waals surface area contributed by atoms with E-state index < -0.39 is 10.8 Å². The summed E-state index contributed by atoms with van der Waals surface area (Å²) in [5, 5.41) is 13.5. The summed E-state index contributed by atoms with van der Waals surface area (Å²) in [6, 6.07) is 4.59. The minimum absolute atomic E-state index is 0.00977. The first-order chi connectivity index (χ1) is 9.61. The van der Waals surface area contributed by atoms with Crippen molar-refractivity contribution in [3.63, 3.8) is 0 Å². The molecule has 7 heteroatoms. The van der Waals surface area contributed by atoms with Gasteiger partial charge in [0.25, 0.3) is 11.6 Å². The van der Waals surface area contributed by atoms with Gasteiger partial charge in [-0.05, 0) is 12.5 Å². The van der Waals surface area contributed by atoms with E-state index in [2.05, 4.69) is 15.3 Å². The molecular formula is C13H12N4O3. The van der Waals surface area contributed by atoms with E-state index in [-0.39, 0.29) is 11.4 Å². The number of aryl methyl sites for hydroxylation is 1. The molecule has 7 nitrogen and oxygen atoms in total. The number of nitrogens with zero attached hydrogens (tertiary/aromatic N) is 3. The minimum Gasteiger partial charge on any atom is -0.320 e. The Balaban J connectivity index is 2.24. The number of anilines is 1. The Morgan fingerprint density at radius 1 is 1.40 bits per heavy atom. The number of amides is 1. The Morgan fingerprint density at radius 2 is 2.20 bits per heavy atom. The van der Waals surface area contributed by atoms with Gasteiger partial charge in [0.2, 0.25) is 0 Å². The number of hydrogen-bond donors (Lipinski definition) is 1. The van der Waals surface area contributed by atoms with Crippen LogP contribution in [-0.2, 0) is 6.42 Å². The number of hydrogen-bond acceptors (Lipinski definition) is 5. The van der Waals surface area contributed by atoms with Crippen molar-refractivity contribution in [1.82, 2.24) is 9.97 Å². The van der Waals surface area contributed by atoms with Gasteiger partial charge in [-0.2, -0.15) is 0 Å². The molecular weight excluding hydrogens is 260 g/mol. The second-order valence-corrected chi connectivity index (χ2v) is 4.00. The van der Waals surface area contributed by atoms with Gasteiger partial charge in [0, 0.05) is 29.7 Å². The van der Waals surface area contributed by atoms with E-state index in [1.54, 1.807) is 12.1 Å². The molecule has 1 aromatic heterocycles. The standard InChI is InChI=1S/C13H12N4O3/c1-2-9-3-4-10(7-12(9)17(19)20)16-13(18)11-8-14-5-6-15-11/h3-8H,2H2,1H3,(H,16,18). The Hall–Kier alpha value is -2.83. The maximum atomic E-state index is 11.9. The predicted molar refractivity (Wildman–Crippen MR) is 72.5 cm³/mol. The summed E-state index contributed by atoms with van der Waals surface area (Å²) in [6.07, 6.45) is 4.73. The molecule has 1 amide bonds. The topological polar surface area (TPSA) is 98.0 Å². The van der Waals surface area contributed by atoms with Crippen LogP contribution in [0.3, 0.4) is 0 Å². The third kappa shape index (κ3) is 2.94. The highest BCUT2D eigenvalue weighted by Crippen LogP contribution is 2.23. The molecule has 2 rings (SSSR count). The Bertz CT molecular complexity index is 643. The van der Waals surface area contributed by atoms with Crippen LogP contribution >= 0.6 is 0 Å². The zero-order valence-electron chi connectivity index (χ0n) is 10.7. The number of carbonyl (C=O) groups is 1. The Labute approximate surface area is 114 Å². The van der Waals surface area contributed by atoms with Crippen LogP contribution in [0.25, 0.3) is 0 Å². The second-order valence-electron chi connectivity index (χ2n) is 4.00. The van der Waals surface area contributed by atoms with E-state index >= 15 is 0 Å². The molecule has 0 atom stereocenters. The fraction of sp³-hybridized carbons (Fsp3) is 0.154. The fourth-order valence-electron chi connectivity index (χ4n) is 1.72. The maximum absolute atomic E-state index is 11.9. The molecule has 0 fully saturated rings. The average molecular weight is 272 g/mol. The second kappa shape index (κ2) is 5.87. The van der Waals surface area contributed by atoms with Crippen LogP contribution < -0.4 is 5.32 Å². The van der Waals surface area contributed by atoms with Crippen LogP contribution in [0, 0.1) is 10.1 Å². The molecule has 102 valence electrons. The first-order valence-electron chi connectivity index (χ1n) is 5.96. The lowest BCUT2D eigenvalue weighted by molar-refractivity contribution is -0.385. The number of rotatable bonds is 4. The van der Waals surface area contributed by atoms with Gasteiger partial charge in [-0.3, -0.25) is 19.9 Å². The number of benzene rings is 1. The number of nitro groups is 1. The molecule has 0 saturated carbocycles. The molecule has 0 unspecified atom stereocenters. The van der Waals surface area contributed by atoms with Crippen molar-refractivity contribution >= 4 is 17.3 Å². The normalized spacial score (nSPS) is 10.1. The summed E-state index contributed by atoms with van der Waals surface area (Å²) in [5.74, 6) is -0.461. The minimum atomic E-state index is -0.461. The summed E-state index contributed by atoms with van der Waals surface area (Å²) in [6.45, 7) is 1.83. The van der Waals surface area contributed by atoms with Crippen molar-refractivity contribution in [3.8, 4) is 0 Å². The summed E-state index contributed by atoms with van der Waals surface area (Å²) in [7, 11) is 0. The van der Waals surface area contributed by atoms with E-state index in [9.17, 15) is 14.9 Å². The van der Waals surface area contributed by atoms with Gasteiger partial charge >= 0.3 is 0 Å². The van der Waals surface area contributed by atoms with Crippen molar-refractivity contribution in [3.05, 3.63) is 58.2 Å². The van der Waals surface area contributed by atoms with Crippen LogP contribution in [-0.4, -0.2) is 20.8 Å². The van der Waals surface area contributed by atoms with Crippen LogP contribution in [0.1, 0.15) is 23.0 Å². The van der Waals surface area contributed by atoms with Gasteiger partial charge in [-0.25, -0.2) is 4.98 Å². The Morgan fingerprint density at radius 3 is 2.80 bits per heavy atom. The van der Waals surface area contributed by atoms with E-state index in [0.717, 1.165) is 0 Å². The molecule has 0 radical (unpaired) electrons. The molecule has 0 bridgehead atoms. The molecule has 0 aliphatic carbocycles. The van der Waals surface area contributed by atoms with E-state index in [1.165, 1.54) is 24.7 Å².